The van der Waals surface area contributed by atoms with Gasteiger partial charge < -0.3 is 15.7 Å². The third-order valence-electron chi connectivity index (χ3n) is 2.26. The maximum atomic E-state index is 11.5. The van der Waals surface area contributed by atoms with Crippen molar-refractivity contribution in [3.8, 4) is 0 Å². The summed E-state index contributed by atoms with van der Waals surface area (Å²) in [4.78, 5) is 22.3. The fraction of sp³-hybridized carbons (Fsp3) is 0.778. The average molecular weight is 200 g/mol. The van der Waals surface area contributed by atoms with Crippen LogP contribution in [0.15, 0.2) is 0 Å². The summed E-state index contributed by atoms with van der Waals surface area (Å²) in [6.45, 7) is 1.88. The molecule has 1 rings (SSSR count). The Morgan fingerprint density at radius 1 is 1.79 bits per heavy atom. The number of amides is 2. The number of rotatable bonds is 4. The number of carbonyl (C=O) groups is 2. The van der Waals surface area contributed by atoms with Crippen molar-refractivity contribution in [3.05, 3.63) is 0 Å². The van der Waals surface area contributed by atoms with E-state index in [2.05, 4.69) is 10.6 Å². The van der Waals surface area contributed by atoms with Crippen LogP contribution in [-0.2, 0) is 9.59 Å². The second-order valence-electron chi connectivity index (χ2n) is 3.58. The molecule has 1 unspecified atom stereocenters. The van der Waals surface area contributed by atoms with Crippen molar-refractivity contribution in [2.75, 3.05) is 6.61 Å². The molecule has 0 saturated carbocycles. The summed E-state index contributed by atoms with van der Waals surface area (Å²) in [6.07, 6.45) is 1.52. The first-order valence-electron chi connectivity index (χ1n) is 4.84. The number of hydrogen-bond acceptors (Lipinski definition) is 3. The van der Waals surface area contributed by atoms with Crippen molar-refractivity contribution in [1.82, 2.24) is 10.6 Å². The molecule has 5 nitrogen and oxygen atoms in total. The third-order valence-corrected chi connectivity index (χ3v) is 2.26. The van der Waals surface area contributed by atoms with E-state index < -0.39 is 0 Å². The summed E-state index contributed by atoms with van der Waals surface area (Å²) in [6, 6.07) is -0.436. The van der Waals surface area contributed by atoms with E-state index in [1.54, 1.807) is 0 Å². The number of carbonyl (C=O) groups excluding carboxylic acids is 2. The number of hydrogen-bond donors (Lipinski definition) is 3. The van der Waals surface area contributed by atoms with Gasteiger partial charge in [-0.05, 0) is 19.8 Å². The first-order chi connectivity index (χ1) is 6.63. The van der Waals surface area contributed by atoms with Crippen molar-refractivity contribution >= 4 is 11.8 Å². The molecule has 0 spiro atoms. The Morgan fingerprint density at radius 2 is 2.50 bits per heavy atom. The fourth-order valence-electron chi connectivity index (χ4n) is 1.42. The molecule has 0 radical (unpaired) electrons. The molecule has 2 amide bonds. The minimum atomic E-state index is -0.386. The lowest BCUT2D eigenvalue weighted by atomic mass is 10.2. The third kappa shape index (κ3) is 2.99. The highest BCUT2D eigenvalue weighted by molar-refractivity contribution is 5.90. The zero-order valence-corrected chi connectivity index (χ0v) is 8.25. The Hall–Kier alpha value is -1.10. The maximum absolute atomic E-state index is 11.5. The number of aliphatic hydroxyl groups is 1. The standard InChI is InChI=1S/C9H16N2O3/c1-6(4-5-12)10-9(14)7-2-3-8(13)11-7/h6-7,12H,2-5H2,1H3,(H,10,14)(H,11,13)/t6?,7-/m1/s1. The van der Waals surface area contributed by atoms with Gasteiger partial charge in [0, 0.05) is 19.1 Å². The summed E-state index contributed by atoms with van der Waals surface area (Å²) < 4.78 is 0. The van der Waals surface area contributed by atoms with E-state index in [0.29, 0.717) is 19.3 Å². The minimum absolute atomic E-state index is 0.0509. The summed E-state index contributed by atoms with van der Waals surface area (Å²) in [5, 5.41) is 14.0. The highest BCUT2D eigenvalue weighted by Gasteiger charge is 2.27. The molecule has 1 fully saturated rings. The van der Waals surface area contributed by atoms with E-state index in [1.807, 2.05) is 6.92 Å². The number of aliphatic hydroxyl groups excluding tert-OH is 1. The zero-order valence-electron chi connectivity index (χ0n) is 8.25. The van der Waals surface area contributed by atoms with Crippen LogP contribution < -0.4 is 10.6 Å². The van der Waals surface area contributed by atoms with Gasteiger partial charge in [0.2, 0.25) is 11.8 Å². The molecule has 1 aliphatic heterocycles. The molecule has 14 heavy (non-hydrogen) atoms. The lowest BCUT2D eigenvalue weighted by Gasteiger charge is -2.15. The molecule has 1 aliphatic rings. The molecular formula is C9H16N2O3. The zero-order chi connectivity index (χ0) is 10.6. The van der Waals surface area contributed by atoms with Crippen LogP contribution in [0.4, 0.5) is 0 Å². The van der Waals surface area contributed by atoms with E-state index in [1.165, 1.54) is 0 Å². The van der Waals surface area contributed by atoms with Crippen LogP contribution in [0.25, 0.3) is 0 Å². The highest BCUT2D eigenvalue weighted by atomic mass is 16.3. The van der Waals surface area contributed by atoms with Crippen molar-refractivity contribution in [2.45, 2.75) is 38.3 Å². The van der Waals surface area contributed by atoms with E-state index in [9.17, 15) is 9.59 Å². The lowest BCUT2D eigenvalue weighted by molar-refractivity contribution is -0.126. The van der Waals surface area contributed by atoms with E-state index in [-0.39, 0.29) is 30.5 Å². The van der Waals surface area contributed by atoms with Gasteiger partial charge in [-0.25, -0.2) is 0 Å². The van der Waals surface area contributed by atoms with Crippen LogP contribution >= 0.6 is 0 Å². The second-order valence-corrected chi connectivity index (χ2v) is 3.58. The molecule has 5 heteroatoms. The molecule has 0 aromatic carbocycles. The van der Waals surface area contributed by atoms with Crippen LogP contribution in [0.5, 0.6) is 0 Å². The van der Waals surface area contributed by atoms with Crippen LogP contribution in [0.2, 0.25) is 0 Å². The first kappa shape index (κ1) is 11.0. The predicted molar refractivity (Wildman–Crippen MR) is 50.5 cm³/mol. The smallest absolute Gasteiger partial charge is 0.242 e. The summed E-state index contributed by atoms with van der Waals surface area (Å²) in [5.41, 5.74) is 0. The van der Waals surface area contributed by atoms with Crippen molar-refractivity contribution in [3.63, 3.8) is 0 Å². The Labute approximate surface area is 82.9 Å². The average Bonchev–Trinajstić information content (AvgIpc) is 2.52. The molecule has 3 N–H and O–H groups in total. The van der Waals surface area contributed by atoms with Crippen LogP contribution in [0, 0.1) is 0 Å². The molecule has 1 heterocycles. The highest BCUT2D eigenvalue weighted by Crippen LogP contribution is 2.06. The molecule has 0 bridgehead atoms. The van der Waals surface area contributed by atoms with Crippen molar-refractivity contribution in [1.29, 1.82) is 0 Å². The van der Waals surface area contributed by atoms with Gasteiger partial charge in [0.05, 0.1) is 0 Å². The van der Waals surface area contributed by atoms with Crippen molar-refractivity contribution < 1.29 is 14.7 Å². The Balaban J connectivity index is 2.31. The van der Waals surface area contributed by atoms with E-state index >= 15 is 0 Å². The van der Waals surface area contributed by atoms with Gasteiger partial charge >= 0.3 is 0 Å². The molecule has 2 atom stereocenters. The minimum Gasteiger partial charge on any atom is -0.396 e. The lowest BCUT2D eigenvalue weighted by Crippen LogP contribution is -2.45. The quantitative estimate of drug-likeness (QED) is 0.553. The summed E-state index contributed by atoms with van der Waals surface area (Å²) in [5.74, 6) is -0.225. The van der Waals surface area contributed by atoms with Gasteiger partial charge in [0.25, 0.3) is 0 Å². The number of nitrogens with one attached hydrogen (secondary N) is 2. The van der Waals surface area contributed by atoms with Gasteiger partial charge in [0.1, 0.15) is 6.04 Å². The fourth-order valence-corrected chi connectivity index (χ4v) is 1.42. The Morgan fingerprint density at radius 3 is 3.00 bits per heavy atom. The second kappa shape index (κ2) is 4.95. The Bertz CT molecular complexity index is 230. The predicted octanol–water partition coefficient (Wildman–Crippen LogP) is -0.848. The van der Waals surface area contributed by atoms with Gasteiger partial charge in [-0.15, -0.1) is 0 Å². The monoisotopic (exact) mass is 200 g/mol. The van der Waals surface area contributed by atoms with Crippen LogP contribution in [0.3, 0.4) is 0 Å². The largest absolute Gasteiger partial charge is 0.396 e. The molecule has 0 aromatic heterocycles. The molecule has 0 aromatic rings. The van der Waals surface area contributed by atoms with Crippen molar-refractivity contribution in [2.24, 2.45) is 0 Å². The van der Waals surface area contributed by atoms with Gasteiger partial charge in [-0.3, -0.25) is 9.59 Å². The van der Waals surface area contributed by atoms with Crippen LogP contribution in [0.1, 0.15) is 26.2 Å². The maximum Gasteiger partial charge on any atom is 0.242 e. The van der Waals surface area contributed by atoms with Gasteiger partial charge in [-0.2, -0.15) is 0 Å². The van der Waals surface area contributed by atoms with Gasteiger partial charge in [0.15, 0.2) is 0 Å². The van der Waals surface area contributed by atoms with Gasteiger partial charge in [-0.1, -0.05) is 0 Å². The van der Waals surface area contributed by atoms with E-state index in [0.717, 1.165) is 0 Å². The first-order valence-corrected chi connectivity index (χ1v) is 4.84. The molecular weight excluding hydrogens is 184 g/mol. The molecule has 1 saturated heterocycles. The van der Waals surface area contributed by atoms with E-state index in [4.69, 9.17) is 5.11 Å². The SMILES string of the molecule is CC(CCO)NC(=O)[C@H]1CCC(=O)N1. The summed E-state index contributed by atoms with van der Waals surface area (Å²) >= 11 is 0. The summed E-state index contributed by atoms with van der Waals surface area (Å²) in [7, 11) is 0. The molecule has 0 aliphatic carbocycles. The normalized spacial score (nSPS) is 23.0. The topological polar surface area (TPSA) is 78.4 Å². The van der Waals surface area contributed by atoms with Crippen LogP contribution in [-0.4, -0.2) is 35.6 Å². The Kier molecular flexibility index (Phi) is 3.88. The molecule has 80 valence electrons.